The number of nitrogens with zero attached hydrogens (tertiary/aromatic N) is 1. The smallest absolute Gasteiger partial charge is 0.0635 e. The zero-order chi connectivity index (χ0) is 12.0. The van der Waals surface area contributed by atoms with Crippen molar-refractivity contribution in [2.75, 3.05) is 26.3 Å². The van der Waals surface area contributed by atoms with Crippen molar-refractivity contribution in [1.82, 2.24) is 4.90 Å². The molecule has 0 aromatic carbocycles. The second-order valence-corrected chi connectivity index (χ2v) is 5.38. The van der Waals surface area contributed by atoms with E-state index in [0.717, 1.165) is 13.0 Å². The van der Waals surface area contributed by atoms with Crippen LogP contribution in [0.1, 0.15) is 46.5 Å². The van der Waals surface area contributed by atoms with Gasteiger partial charge in [0.2, 0.25) is 0 Å². The number of likely N-dealkylation sites (tertiary alicyclic amines) is 1. The predicted octanol–water partition coefficient (Wildman–Crippen LogP) is 2.00. The minimum atomic E-state index is 0.0637. The Hall–Kier alpha value is -0.120. The van der Waals surface area contributed by atoms with E-state index in [-0.39, 0.29) is 11.6 Å². The van der Waals surface area contributed by atoms with E-state index in [0.29, 0.717) is 6.61 Å². The Kier molecular flexibility index (Phi) is 5.73. The first kappa shape index (κ1) is 13.9. The molecule has 0 saturated carbocycles. The Balaban J connectivity index is 2.40. The van der Waals surface area contributed by atoms with Crippen molar-refractivity contribution in [3.05, 3.63) is 0 Å². The van der Waals surface area contributed by atoms with Gasteiger partial charge in [-0.2, -0.15) is 0 Å². The van der Waals surface area contributed by atoms with Crippen LogP contribution in [0.5, 0.6) is 0 Å². The second-order valence-electron chi connectivity index (χ2n) is 5.38. The molecule has 1 unspecified atom stereocenters. The van der Waals surface area contributed by atoms with Crippen LogP contribution in [0.25, 0.3) is 0 Å². The van der Waals surface area contributed by atoms with Gasteiger partial charge in [0.15, 0.2) is 0 Å². The van der Waals surface area contributed by atoms with E-state index in [4.69, 9.17) is 10.5 Å². The molecule has 96 valence electrons. The maximum atomic E-state index is 6.26. The molecule has 1 aliphatic heterocycles. The van der Waals surface area contributed by atoms with Crippen LogP contribution in [0, 0.1) is 0 Å². The maximum Gasteiger partial charge on any atom is 0.0635 e. The van der Waals surface area contributed by atoms with Crippen LogP contribution < -0.4 is 5.73 Å². The van der Waals surface area contributed by atoms with E-state index in [2.05, 4.69) is 25.7 Å². The zero-order valence-corrected chi connectivity index (χ0v) is 11.2. The normalized spacial score (nSPS) is 21.0. The molecule has 3 heteroatoms. The van der Waals surface area contributed by atoms with E-state index < -0.39 is 0 Å². The van der Waals surface area contributed by atoms with Crippen molar-refractivity contribution in [3.63, 3.8) is 0 Å². The van der Waals surface area contributed by atoms with Crippen molar-refractivity contribution in [3.8, 4) is 0 Å². The van der Waals surface area contributed by atoms with Crippen LogP contribution in [-0.4, -0.2) is 42.8 Å². The summed E-state index contributed by atoms with van der Waals surface area (Å²) in [6.45, 7) is 10.5. The SMILES string of the molecule is CCCOCC(N)C(C)(C)N1CCCCC1. The molecule has 0 aliphatic carbocycles. The lowest BCUT2D eigenvalue weighted by Crippen LogP contribution is -2.59. The van der Waals surface area contributed by atoms with E-state index >= 15 is 0 Å². The third-order valence-corrected chi connectivity index (χ3v) is 3.72. The van der Waals surface area contributed by atoms with Crippen LogP contribution in [0.3, 0.4) is 0 Å². The molecule has 0 radical (unpaired) electrons. The molecule has 0 bridgehead atoms. The van der Waals surface area contributed by atoms with Crippen LogP contribution >= 0.6 is 0 Å². The Morgan fingerprint density at radius 2 is 1.88 bits per heavy atom. The molecule has 0 aromatic heterocycles. The van der Waals surface area contributed by atoms with Gasteiger partial charge in [0.1, 0.15) is 0 Å². The first-order valence-electron chi connectivity index (χ1n) is 6.67. The highest BCUT2D eigenvalue weighted by Crippen LogP contribution is 2.23. The summed E-state index contributed by atoms with van der Waals surface area (Å²) in [6.07, 6.45) is 5.06. The topological polar surface area (TPSA) is 38.5 Å². The molecule has 0 spiro atoms. The third kappa shape index (κ3) is 3.72. The van der Waals surface area contributed by atoms with Crippen molar-refractivity contribution >= 4 is 0 Å². The lowest BCUT2D eigenvalue weighted by Gasteiger charge is -2.44. The summed E-state index contributed by atoms with van der Waals surface area (Å²) in [5.41, 5.74) is 6.32. The molecule has 1 atom stereocenters. The highest BCUT2D eigenvalue weighted by molar-refractivity contribution is 4.92. The Morgan fingerprint density at radius 3 is 2.44 bits per heavy atom. The van der Waals surface area contributed by atoms with Gasteiger partial charge in [-0.15, -0.1) is 0 Å². The van der Waals surface area contributed by atoms with Gasteiger partial charge in [0.25, 0.3) is 0 Å². The van der Waals surface area contributed by atoms with Gasteiger partial charge in [-0.05, 0) is 46.2 Å². The fourth-order valence-electron chi connectivity index (χ4n) is 2.26. The fraction of sp³-hybridized carbons (Fsp3) is 1.00. The van der Waals surface area contributed by atoms with Gasteiger partial charge in [0.05, 0.1) is 6.61 Å². The summed E-state index contributed by atoms with van der Waals surface area (Å²) in [6, 6.07) is 0.108. The summed E-state index contributed by atoms with van der Waals surface area (Å²) < 4.78 is 5.57. The number of rotatable bonds is 6. The molecule has 1 saturated heterocycles. The van der Waals surface area contributed by atoms with Crippen LogP contribution in [-0.2, 0) is 4.74 Å². The monoisotopic (exact) mass is 228 g/mol. The minimum Gasteiger partial charge on any atom is -0.380 e. The van der Waals surface area contributed by atoms with Crippen molar-refractivity contribution in [1.29, 1.82) is 0 Å². The van der Waals surface area contributed by atoms with E-state index in [1.165, 1.54) is 32.4 Å². The average Bonchev–Trinajstić information content (AvgIpc) is 2.30. The quantitative estimate of drug-likeness (QED) is 0.707. The lowest BCUT2D eigenvalue weighted by atomic mass is 9.91. The summed E-state index contributed by atoms with van der Waals surface area (Å²) in [5.74, 6) is 0. The molecule has 1 rings (SSSR count). The Bertz CT molecular complexity index is 188. The standard InChI is InChI=1S/C13H28N2O/c1-4-10-16-11-12(14)13(2,3)15-8-6-5-7-9-15/h12H,4-11,14H2,1-3H3. The molecular weight excluding hydrogens is 200 g/mol. The largest absolute Gasteiger partial charge is 0.380 e. The van der Waals surface area contributed by atoms with Gasteiger partial charge in [-0.1, -0.05) is 13.3 Å². The van der Waals surface area contributed by atoms with E-state index in [1.807, 2.05) is 0 Å². The lowest BCUT2D eigenvalue weighted by molar-refractivity contribution is 0.0288. The number of hydrogen-bond donors (Lipinski definition) is 1. The Morgan fingerprint density at radius 1 is 1.25 bits per heavy atom. The molecule has 0 amide bonds. The molecule has 0 aromatic rings. The van der Waals surface area contributed by atoms with Gasteiger partial charge in [0, 0.05) is 18.2 Å². The van der Waals surface area contributed by atoms with Gasteiger partial charge in [-0.3, -0.25) is 4.90 Å². The molecular formula is C13H28N2O. The Labute approximate surface area is 100 Å². The first-order chi connectivity index (χ1) is 7.59. The van der Waals surface area contributed by atoms with E-state index in [1.54, 1.807) is 0 Å². The van der Waals surface area contributed by atoms with Crippen LogP contribution in [0.4, 0.5) is 0 Å². The van der Waals surface area contributed by atoms with Gasteiger partial charge >= 0.3 is 0 Å². The average molecular weight is 228 g/mol. The summed E-state index contributed by atoms with van der Waals surface area (Å²) in [7, 11) is 0. The summed E-state index contributed by atoms with van der Waals surface area (Å²) in [5, 5.41) is 0. The fourth-order valence-corrected chi connectivity index (χ4v) is 2.26. The van der Waals surface area contributed by atoms with Crippen LogP contribution in [0.2, 0.25) is 0 Å². The number of piperidine rings is 1. The van der Waals surface area contributed by atoms with Crippen molar-refractivity contribution in [2.45, 2.75) is 58.0 Å². The van der Waals surface area contributed by atoms with E-state index in [9.17, 15) is 0 Å². The van der Waals surface area contributed by atoms with Crippen LogP contribution in [0.15, 0.2) is 0 Å². The van der Waals surface area contributed by atoms with Gasteiger partial charge < -0.3 is 10.5 Å². The third-order valence-electron chi connectivity index (χ3n) is 3.72. The number of nitrogens with two attached hydrogens (primary N) is 1. The number of hydrogen-bond acceptors (Lipinski definition) is 3. The van der Waals surface area contributed by atoms with Crippen molar-refractivity contribution in [2.24, 2.45) is 5.73 Å². The second kappa shape index (κ2) is 6.58. The molecule has 16 heavy (non-hydrogen) atoms. The van der Waals surface area contributed by atoms with Crippen molar-refractivity contribution < 1.29 is 4.74 Å². The maximum absolute atomic E-state index is 6.26. The number of ether oxygens (including phenoxy) is 1. The first-order valence-corrected chi connectivity index (χ1v) is 6.67. The predicted molar refractivity (Wildman–Crippen MR) is 68.6 cm³/mol. The minimum absolute atomic E-state index is 0.0637. The molecule has 1 heterocycles. The highest BCUT2D eigenvalue weighted by Gasteiger charge is 2.33. The highest BCUT2D eigenvalue weighted by atomic mass is 16.5. The summed E-state index contributed by atoms with van der Waals surface area (Å²) in [4.78, 5) is 2.52. The van der Waals surface area contributed by atoms with Gasteiger partial charge in [-0.25, -0.2) is 0 Å². The molecule has 1 aliphatic rings. The summed E-state index contributed by atoms with van der Waals surface area (Å²) >= 11 is 0. The molecule has 3 nitrogen and oxygen atoms in total. The zero-order valence-electron chi connectivity index (χ0n) is 11.2. The molecule has 2 N–H and O–H groups in total. The molecule has 1 fully saturated rings.